The molecule has 0 atom stereocenters. The molecule has 8 nitrogen and oxygen atoms in total. The number of methoxy groups -OCH3 is 2. The molecule has 2 rings (SSSR count). The van der Waals surface area contributed by atoms with Gasteiger partial charge < -0.3 is 9.47 Å². The molecule has 0 bridgehead atoms. The van der Waals surface area contributed by atoms with Gasteiger partial charge in [0.2, 0.25) is 10.0 Å². The fourth-order valence-electron chi connectivity index (χ4n) is 2.07. The summed E-state index contributed by atoms with van der Waals surface area (Å²) < 4.78 is 36.6. The number of nitrogens with one attached hydrogen (secondary N) is 2. The first-order valence-corrected chi connectivity index (χ1v) is 9.51. The van der Waals surface area contributed by atoms with Gasteiger partial charge in [-0.05, 0) is 29.8 Å². The molecule has 0 spiro atoms. The number of sulfonamides is 1. The molecule has 27 heavy (non-hydrogen) atoms. The van der Waals surface area contributed by atoms with Crippen LogP contribution >= 0.6 is 11.6 Å². The monoisotopic (exact) mass is 411 g/mol. The third kappa shape index (κ3) is 5.68. The molecular formula is C17H18ClN3O5S. The van der Waals surface area contributed by atoms with E-state index >= 15 is 0 Å². The van der Waals surface area contributed by atoms with Crippen molar-refractivity contribution < 1.29 is 22.7 Å². The smallest absolute Gasteiger partial charge is 0.255 e. The summed E-state index contributed by atoms with van der Waals surface area (Å²) >= 11 is 6.08. The second kappa shape index (κ2) is 9.36. The Bertz CT molecular complexity index is 933. The number of halogens is 1. The van der Waals surface area contributed by atoms with E-state index in [1.807, 2.05) is 0 Å². The van der Waals surface area contributed by atoms with E-state index in [0.717, 1.165) is 0 Å². The highest BCUT2D eigenvalue weighted by atomic mass is 35.5. The SMILES string of the molecule is COc1cc(/C=N\NC(=O)CNS(=O)(=O)c2ccccc2)cc(Cl)c1OC. The summed E-state index contributed by atoms with van der Waals surface area (Å²) in [6.07, 6.45) is 1.34. The van der Waals surface area contributed by atoms with Gasteiger partial charge in [0.25, 0.3) is 5.91 Å². The van der Waals surface area contributed by atoms with Crippen molar-refractivity contribution in [3.8, 4) is 11.5 Å². The molecule has 0 aliphatic carbocycles. The van der Waals surface area contributed by atoms with E-state index < -0.39 is 22.5 Å². The van der Waals surface area contributed by atoms with E-state index in [2.05, 4.69) is 15.2 Å². The minimum absolute atomic E-state index is 0.0706. The molecule has 0 aliphatic heterocycles. The molecule has 1 amide bonds. The lowest BCUT2D eigenvalue weighted by Crippen LogP contribution is -2.34. The Morgan fingerprint density at radius 2 is 1.89 bits per heavy atom. The van der Waals surface area contributed by atoms with Crippen molar-refractivity contribution in [2.45, 2.75) is 4.90 Å². The first-order valence-electron chi connectivity index (χ1n) is 7.65. The average Bonchev–Trinajstić information content (AvgIpc) is 2.66. The van der Waals surface area contributed by atoms with Gasteiger partial charge in [-0.3, -0.25) is 4.79 Å². The predicted octanol–water partition coefficient (Wildman–Crippen LogP) is 1.79. The standard InChI is InChI=1S/C17H18ClN3O5S/c1-25-15-9-12(8-14(18)17(15)26-2)10-19-21-16(22)11-20-27(23,24)13-6-4-3-5-7-13/h3-10,20H,11H2,1-2H3,(H,21,22)/b19-10-. The highest BCUT2D eigenvalue weighted by molar-refractivity contribution is 7.89. The molecule has 0 unspecified atom stereocenters. The van der Waals surface area contributed by atoms with Gasteiger partial charge in [-0.15, -0.1) is 0 Å². The molecule has 0 fully saturated rings. The first kappa shape index (κ1) is 20.7. The zero-order valence-electron chi connectivity index (χ0n) is 14.6. The molecule has 0 radical (unpaired) electrons. The number of rotatable bonds is 8. The number of hydrazone groups is 1. The van der Waals surface area contributed by atoms with E-state index in [4.69, 9.17) is 21.1 Å². The van der Waals surface area contributed by atoms with Crippen LogP contribution in [0.1, 0.15) is 5.56 Å². The van der Waals surface area contributed by atoms with Crippen molar-refractivity contribution in [2.75, 3.05) is 20.8 Å². The molecule has 2 aromatic rings. The molecule has 144 valence electrons. The summed E-state index contributed by atoms with van der Waals surface area (Å²) in [7, 11) is -0.831. The number of hydrogen-bond acceptors (Lipinski definition) is 6. The zero-order valence-corrected chi connectivity index (χ0v) is 16.2. The maximum atomic E-state index is 12.0. The van der Waals surface area contributed by atoms with Crippen LogP contribution in [-0.2, 0) is 14.8 Å². The Balaban J connectivity index is 1.95. The summed E-state index contributed by atoms with van der Waals surface area (Å²) in [5.74, 6) is 0.168. The summed E-state index contributed by atoms with van der Waals surface area (Å²) in [6, 6.07) is 10.9. The van der Waals surface area contributed by atoms with Crippen molar-refractivity contribution in [1.82, 2.24) is 10.1 Å². The normalized spacial score (nSPS) is 11.4. The van der Waals surface area contributed by atoms with Gasteiger partial charge in [0.15, 0.2) is 11.5 Å². The molecule has 0 saturated carbocycles. The second-order valence-electron chi connectivity index (χ2n) is 5.17. The largest absolute Gasteiger partial charge is 0.493 e. The Kier molecular flexibility index (Phi) is 7.17. The van der Waals surface area contributed by atoms with Crippen LogP contribution in [0.25, 0.3) is 0 Å². The van der Waals surface area contributed by atoms with Gasteiger partial charge >= 0.3 is 0 Å². The predicted molar refractivity (Wildman–Crippen MR) is 102 cm³/mol. The van der Waals surface area contributed by atoms with Crippen LogP contribution in [0, 0.1) is 0 Å². The van der Waals surface area contributed by atoms with Crippen LogP contribution in [0.5, 0.6) is 11.5 Å². The first-order chi connectivity index (χ1) is 12.9. The van der Waals surface area contributed by atoms with Crippen LogP contribution in [-0.4, -0.2) is 41.3 Å². The summed E-state index contributed by atoms with van der Waals surface area (Å²) in [5, 5.41) is 4.09. The fourth-order valence-corrected chi connectivity index (χ4v) is 3.37. The van der Waals surface area contributed by atoms with Gasteiger partial charge in [0.05, 0.1) is 36.9 Å². The quantitative estimate of drug-likeness (QED) is 0.508. The molecule has 2 aromatic carbocycles. The summed E-state index contributed by atoms with van der Waals surface area (Å²) in [5.41, 5.74) is 2.79. The zero-order chi connectivity index (χ0) is 19.9. The van der Waals surface area contributed by atoms with Gasteiger partial charge in [-0.1, -0.05) is 29.8 Å². The topological polar surface area (TPSA) is 106 Å². The highest BCUT2D eigenvalue weighted by Gasteiger charge is 2.14. The number of nitrogens with zero attached hydrogens (tertiary/aromatic N) is 1. The maximum Gasteiger partial charge on any atom is 0.255 e. The van der Waals surface area contributed by atoms with E-state index in [1.165, 1.54) is 32.6 Å². The van der Waals surface area contributed by atoms with Crippen LogP contribution in [0.2, 0.25) is 5.02 Å². The third-order valence-electron chi connectivity index (χ3n) is 3.34. The van der Waals surface area contributed by atoms with Crippen molar-refractivity contribution in [3.63, 3.8) is 0 Å². The number of hydrogen-bond donors (Lipinski definition) is 2. The Morgan fingerprint density at radius 1 is 1.19 bits per heavy atom. The van der Waals surface area contributed by atoms with Crippen LogP contribution in [0.4, 0.5) is 0 Å². The van der Waals surface area contributed by atoms with Gasteiger partial charge in [-0.25, -0.2) is 18.6 Å². The van der Waals surface area contributed by atoms with E-state index in [-0.39, 0.29) is 4.90 Å². The third-order valence-corrected chi connectivity index (χ3v) is 5.03. The Labute approximate surface area is 162 Å². The summed E-state index contributed by atoms with van der Waals surface area (Å²) in [6.45, 7) is -0.457. The number of carbonyl (C=O) groups is 1. The lowest BCUT2D eigenvalue weighted by Gasteiger charge is -2.10. The Morgan fingerprint density at radius 3 is 2.52 bits per heavy atom. The molecule has 10 heteroatoms. The molecular weight excluding hydrogens is 394 g/mol. The molecule has 0 heterocycles. The fraction of sp³-hybridized carbons (Fsp3) is 0.176. The van der Waals surface area contributed by atoms with E-state index in [0.29, 0.717) is 22.1 Å². The van der Waals surface area contributed by atoms with E-state index in [1.54, 1.807) is 30.3 Å². The van der Waals surface area contributed by atoms with Crippen molar-refractivity contribution in [3.05, 3.63) is 53.1 Å². The number of carbonyl (C=O) groups excluding carboxylic acids is 1. The molecule has 0 aromatic heterocycles. The van der Waals surface area contributed by atoms with Gasteiger partial charge in [-0.2, -0.15) is 5.10 Å². The van der Waals surface area contributed by atoms with Gasteiger partial charge in [0.1, 0.15) is 0 Å². The molecule has 2 N–H and O–H groups in total. The average molecular weight is 412 g/mol. The number of amides is 1. The van der Waals surface area contributed by atoms with Crippen LogP contribution in [0.3, 0.4) is 0 Å². The highest BCUT2D eigenvalue weighted by Crippen LogP contribution is 2.35. The van der Waals surface area contributed by atoms with Crippen LogP contribution < -0.4 is 19.6 Å². The van der Waals surface area contributed by atoms with Crippen molar-refractivity contribution in [2.24, 2.45) is 5.10 Å². The van der Waals surface area contributed by atoms with Crippen LogP contribution in [0.15, 0.2) is 52.5 Å². The minimum atomic E-state index is -3.77. The second-order valence-corrected chi connectivity index (χ2v) is 7.34. The number of benzene rings is 2. The van der Waals surface area contributed by atoms with Crippen molar-refractivity contribution >= 4 is 33.7 Å². The lowest BCUT2D eigenvalue weighted by molar-refractivity contribution is -0.119. The van der Waals surface area contributed by atoms with Gasteiger partial charge in [0, 0.05) is 0 Å². The lowest BCUT2D eigenvalue weighted by atomic mass is 10.2. The summed E-state index contributed by atoms with van der Waals surface area (Å²) in [4.78, 5) is 11.8. The van der Waals surface area contributed by atoms with Crippen molar-refractivity contribution in [1.29, 1.82) is 0 Å². The molecule has 0 aliphatic rings. The maximum absolute atomic E-state index is 12.0. The Hall–Kier alpha value is -2.62. The number of ether oxygens (including phenoxy) is 2. The minimum Gasteiger partial charge on any atom is -0.493 e. The van der Waals surface area contributed by atoms with E-state index in [9.17, 15) is 13.2 Å². The molecule has 0 saturated heterocycles.